The number of nitrogens with one attached hydrogen (secondary N) is 1. The zero-order chi connectivity index (χ0) is 26.6. The third-order valence-corrected chi connectivity index (χ3v) is 8.43. The van der Waals surface area contributed by atoms with Crippen molar-refractivity contribution in [1.29, 1.82) is 0 Å². The van der Waals surface area contributed by atoms with Crippen molar-refractivity contribution < 1.29 is 17.5 Å². The Morgan fingerprint density at radius 3 is 2.50 bits per heavy atom. The van der Waals surface area contributed by atoms with Crippen LogP contribution < -0.4 is 5.73 Å². The van der Waals surface area contributed by atoms with Crippen molar-refractivity contribution in [1.82, 2.24) is 14.9 Å². The lowest BCUT2D eigenvalue weighted by atomic mass is 9.92. The molecule has 5 rings (SSSR count). The fourth-order valence-corrected chi connectivity index (χ4v) is 6.43. The predicted octanol–water partition coefficient (Wildman–Crippen LogP) is 4.68. The molecule has 2 aromatic heterocycles. The predicted molar refractivity (Wildman–Crippen MR) is 153 cm³/mol. The largest absolute Gasteiger partial charge is 0.399 e. The summed E-state index contributed by atoms with van der Waals surface area (Å²) < 4.78 is 40.8. The second-order valence-electron chi connectivity index (χ2n) is 9.89. The van der Waals surface area contributed by atoms with E-state index in [-0.39, 0.29) is 11.6 Å². The minimum absolute atomic E-state index is 0.131. The Labute approximate surface area is 227 Å². The van der Waals surface area contributed by atoms with Crippen molar-refractivity contribution >= 4 is 38.9 Å². The van der Waals surface area contributed by atoms with Gasteiger partial charge < -0.3 is 19.8 Å². The van der Waals surface area contributed by atoms with Gasteiger partial charge in [0.05, 0.1) is 5.75 Å². The lowest BCUT2D eigenvalue weighted by Gasteiger charge is -2.30. The van der Waals surface area contributed by atoms with Crippen molar-refractivity contribution in [2.24, 2.45) is 0 Å². The van der Waals surface area contributed by atoms with E-state index in [4.69, 9.17) is 5.73 Å². The fourth-order valence-electron chi connectivity index (χ4n) is 5.39. The van der Waals surface area contributed by atoms with Crippen LogP contribution in [0.5, 0.6) is 0 Å². The third kappa shape index (κ3) is 6.39. The summed E-state index contributed by atoms with van der Waals surface area (Å²) in [6.07, 6.45) is 5.26. The summed E-state index contributed by atoms with van der Waals surface area (Å²) in [4.78, 5) is 10.2. The molecule has 2 atom stereocenters. The van der Waals surface area contributed by atoms with Crippen LogP contribution in [0.2, 0.25) is 0 Å². The van der Waals surface area contributed by atoms with Crippen LogP contribution in [-0.2, 0) is 40.8 Å². The number of nitrogen functional groups attached to an aromatic ring is 1. The zero-order valence-electron chi connectivity index (χ0n) is 21.0. The first-order valence-corrected chi connectivity index (χ1v) is 15.2. The molecule has 8 nitrogen and oxygen atoms in total. The lowest BCUT2D eigenvalue weighted by Crippen LogP contribution is -2.35. The number of aromatic nitrogens is 2. The van der Waals surface area contributed by atoms with E-state index in [2.05, 4.69) is 22.1 Å². The van der Waals surface area contributed by atoms with Gasteiger partial charge in [0.15, 0.2) is 22.2 Å². The standard InChI is InChI=1S/C28H32N4O4S2/c29-23-7-6-21(5-4-19-2-1-3-20(14-19)17-37(33)34)25(15-23)24-8-11-30-28-26(24)16-27(31-28)22-9-12-32(13-10-22)18-38(35)36/h1-3,6-8,11,14-16,22H,4-5,9-10,12-13,17-18,29H2,(H,30,31)(H,33,34)(H,35,36). The molecule has 1 aliphatic rings. The van der Waals surface area contributed by atoms with Gasteiger partial charge in [-0.05, 0) is 90.9 Å². The smallest absolute Gasteiger partial charge is 0.167 e. The normalized spacial score (nSPS) is 16.6. The molecule has 1 aliphatic heterocycles. The highest BCUT2D eigenvalue weighted by Crippen LogP contribution is 2.36. The van der Waals surface area contributed by atoms with Crippen LogP contribution >= 0.6 is 0 Å². The Morgan fingerprint density at radius 1 is 0.947 bits per heavy atom. The molecule has 2 aromatic carbocycles. The first kappa shape index (κ1) is 26.7. The zero-order valence-corrected chi connectivity index (χ0v) is 22.6. The number of nitrogens with two attached hydrogens (primary N) is 1. The molecule has 0 aliphatic carbocycles. The molecule has 0 radical (unpaired) electrons. The molecule has 1 fully saturated rings. The number of hydrogen-bond acceptors (Lipinski definition) is 5. The summed E-state index contributed by atoms with van der Waals surface area (Å²) in [6, 6.07) is 18.1. The number of aryl methyl sites for hydroxylation is 2. The molecule has 2 unspecified atom stereocenters. The third-order valence-electron chi connectivity index (χ3n) is 7.26. The van der Waals surface area contributed by atoms with E-state index in [0.29, 0.717) is 11.6 Å². The maximum atomic E-state index is 11.2. The molecule has 0 saturated carbocycles. The van der Waals surface area contributed by atoms with Gasteiger partial charge in [0.1, 0.15) is 11.5 Å². The van der Waals surface area contributed by atoms with Crippen LogP contribution in [0.3, 0.4) is 0 Å². The van der Waals surface area contributed by atoms with E-state index >= 15 is 0 Å². The average molecular weight is 553 g/mol. The highest BCUT2D eigenvalue weighted by molar-refractivity contribution is 7.79. The topological polar surface area (TPSA) is 133 Å². The SMILES string of the molecule is Nc1ccc(CCc2cccc(CS(=O)O)c2)c(-c2ccnc3[nH]c(C4CCN(CS(=O)O)CC4)cc23)c1. The van der Waals surface area contributed by atoms with Crippen molar-refractivity contribution in [3.63, 3.8) is 0 Å². The second-order valence-corrected chi connectivity index (χ2v) is 11.7. The van der Waals surface area contributed by atoms with Crippen molar-refractivity contribution in [3.05, 3.63) is 83.2 Å². The fraction of sp³-hybridized carbons (Fsp3) is 0.321. The molecule has 4 aromatic rings. The van der Waals surface area contributed by atoms with Crippen LogP contribution in [0.25, 0.3) is 22.2 Å². The Morgan fingerprint density at radius 2 is 1.74 bits per heavy atom. The molecular formula is C28H32N4O4S2. The first-order chi connectivity index (χ1) is 18.4. The number of hydrogen-bond donors (Lipinski definition) is 4. The summed E-state index contributed by atoms with van der Waals surface area (Å²) in [5.74, 6) is 0.682. The van der Waals surface area contributed by atoms with Crippen LogP contribution in [0, 0.1) is 0 Å². The molecule has 38 heavy (non-hydrogen) atoms. The van der Waals surface area contributed by atoms with Crippen LogP contribution in [0.15, 0.2) is 60.8 Å². The number of H-pyrrole nitrogens is 1. The number of likely N-dealkylation sites (tertiary alicyclic amines) is 1. The molecule has 10 heteroatoms. The number of aromatic amines is 1. The van der Waals surface area contributed by atoms with Gasteiger partial charge in [-0.25, -0.2) is 13.4 Å². The number of benzene rings is 2. The highest BCUT2D eigenvalue weighted by Gasteiger charge is 2.23. The summed E-state index contributed by atoms with van der Waals surface area (Å²) >= 11 is -3.66. The maximum absolute atomic E-state index is 11.2. The van der Waals surface area contributed by atoms with E-state index in [9.17, 15) is 17.5 Å². The van der Waals surface area contributed by atoms with Gasteiger partial charge in [-0.15, -0.1) is 0 Å². The highest BCUT2D eigenvalue weighted by atomic mass is 32.2. The van der Waals surface area contributed by atoms with E-state index < -0.39 is 22.2 Å². The minimum Gasteiger partial charge on any atom is -0.399 e. The van der Waals surface area contributed by atoms with Crippen molar-refractivity contribution in [2.75, 3.05) is 24.7 Å². The Bertz CT molecular complexity index is 1480. The summed E-state index contributed by atoms with van der Waals surface area (Å²) in [6.45, 7) is 1.59. The van der Waals surface area contributed by atoms with Gasteiger partial charge in [0.25, 0.3) is 0 Å². The van der Waals surface area contributed by atoms with E-state index in [1.807, 2.05) is 53.6 Å². The van der Waals surface area contributed by atoms with Crippen molar-refractivity contribution in [3.8, 4) is 11.1 Å². The van der Waals surface area contributed by atoms with Gasteiger partial charge in [-0.3, -0.25) is 4.90 Å². The lowest BCUT2D eigenvalue weighted by molar-refractivity contribution is 0.239. The maximum Gasteiger partial charge on any atom is 0.167 e. The van der Waals surface area contributed by atoms with Crippen LogP contribution in [0.4, 0.5) is 5.69 Å². The van der Waals surface area contributed by atoms with Crippen LogP contribution in [0.1, 0.15) is 41.1 Å². The quantitative estimate of drug-likeness (QED) is 0.175. The van der Waals surface area contributed by atoms with Gasteiger partial charge in [0, 0.05) is 28.9 Å². The molecule has 5 N–H and O–H groups in total. The van der Waals surface area contributed by atoms with Gasteiger partial charge in [-0.2, -0.15) is 0 Å². The summed E-state index contributed by atoms with van der Waals surface area (Å²) in [5.41, 5.74) is 14.2. The monoisotopic (exact) mass is 552 g/mol. The number of rotatable bonds is 9. The van der Waals surface area contributed by atoms with E-state index in [0.717, 1.165) is 77.8 Å². The second kappa shape index (κ2) is 11.9. The Kier molecular flexibility index (Phi) is 8.35. The molecular weight excluding hydrogens is 520 g/mol. The minimum atomic E-state index is -1.86. The number of fused-ring (bicyclic) bond motifs is 1. The molecule has 200 valence electrons. The van der Waals surface area contributed by atoms with E-state index in [1.54, 1.807) is 0 Å². The average Bonchev–Trinajstić information content (AvgIpc) is 3.32. The summed E-state index contributed by atoms with van der Waals surface area (Å²) in [5, 5.41) is 1.06. The number of piperidine rings is 1. The molecule has 1 saturated heterocycles. The first-order valence-electron chi connectivity index (χ1n) is 12.7. The molecule has 0 bridgehead atoms. The number of anilines is 1. The number of nitrogens with zero attached hydrogens (tertiary/aromatic N) is 2. The van der Waals surface area contributed by atoms with Crippen LogP contribution in [-0.4, -0.2) is 51.4 Å². The van der Waals surface area contributed by atoms with Crippen molar-refractivity contribution in [2.45, 2.75) is 37.4 Å². The molecule has 0 spiro atoms. The van der Waals surface area contributed by atoms with Gasteiger partial charge in [-0.1, -0.05) is 30.3 Å². The Hall–Kier alpha value is -2.89. The van der Waals surface area contributed by atoms with Gasteiger partial charge in [0.2, 0.25) is 0 Å². The van der Waals surface area contributed by atoms with Gasteiger partial charge >= 0.3 is 0 Å². The molecule has 3 heterocycles. The number of pyridine rings is 1. The summed E-state index contributed by atoms with van der Waals surface area (Å²) in [7, 11) is 0. The Balaban J connectivity index is 1.40. The molecule has 0 amide bonds. The van der Waals surface area contributed by atoms with E-state index in [1.165, 1.54) is 5.56 Å².